The number of nitrogens with zero attached hydrogens (tertiary/aromatic N) is 12. The normalized spacial score (nSPS) is 12.0. The molecule has 0 N–H and O–H groups in total. The number of para-hydroxylation sites is 8. The lowest BCUT2D eigenvalue weighted by Gasteiger charge is -2.11. The number of furan rings is 1. The van der Waals surface area contributed by atoms with Gasteiger partial charge in [-0.15, -0.1) is 11.3 Å². The number of hydrogen-bond acceptors (Lipinski definition) is 8. The van der Waals surface area contributed by atoms with Crippen LogP contribution in [0, 0.1) is 0 Å². The maximum absolute atomic E-state index is 6.56. The summed E-state index contributed by atoms with van der Waals surface area (Å²) in [4.78, 5) is 30.4. The minimum atomic E-state index is 0.598. The topological polar surface area (TPSA) is 120 Å². The maximum Gasteiger partial charge on any atom is 0.165 e. The van der Waals surface area contributed by atoms with Crippen molar-refractivity contribution < 1.29 is 4.42 Å². The lowest BCUT2D eigenvalue weighted by Crippen LogP contribution is -2.00. The molecule has 0 amide bonds. The van der Waals surface area contributed by atoms with Gasteiger partial charge in [0.1, 0.15) is 11.2 Å². The van der Waals surface area contributed by atoms with Crippen LogP contribution in [0.1, 0.15) is 0 Å². The summed E-state index contributed by atoms with van der Waals surface area (Å²) in [5.74, 6) is 3.79. The number of rotatable bonds is 12. The highest BCUT2D eigenvalue weighted by Gasteiger charge is 2.27. The molecule has 0 saturated carbocycles. The van der Waals surface area contributed by atoms with E-state index < -0.39 is 0 Å². The van der Waals surface area contributed by atoms with Crippen LogP contribution in [0.3, 0.4) is 0 Å². The Morgan fingerprint density at radius 2 is 0.400 bits per heavy atom. The van der Waals surface area contributed by atoms with Crippen LogP contribution < -0.4 is 0 Å². The molecule has 0 atom stereocenters. The summed E-state index contributed by atoms with van der Waals surface area (Å²) in [6.07, 6.45) is 0. The van der Waals surface area contributed by atoms with Gasteiger partial charge < -0.3 is 31.8 Å². The first-order chi connectivity index (χ1) is 69.4. The average Bonchev–Trinajstić information content (AvgIpc) is 1.55. The molecule has 10 heterocycles. The highest BCUT2D eigenvalue weighted by molar-refractivity contribution is 7.26. The van der Waals surface area contributed by atoms with Gasteiger partial charge in [-0.3, -0.25) is 0 Å². The van der Waals surface area contributed by atoms with E-state index in [9.17, 15) is 0 Å². The summed E-state index contributed by atoms with van der Waals surface area (Å²) in [7, 11) is 0. The van der Waals surface area contributed by atoms with E-state index in [1.807, 2.05) is 109 Å². The Bertz CT molecular complexity index is 9700. The van der Waals surface area contributed by atoms with E-state index in [-0.39, 0.29) is 0 Å². The first-order valence-corrected chi connectivity index (χ1v) is 48.0. The Morgan fingerprint density at radius 3 is 0.736 bits per heavy atom. The van der Waals surface area contributed by atoms with E-state index in [0.717, 1.165) is 127 Å². The molecule has 0 unspecified atom stereocenters. The highest BCUT2D eigenvalue weighted by Crippen LogP contribution is 2.49. The Labute approximate surface area is 803 Å². The zero-order valence-corrected chi connectivity index (χ0v) is 75.9. The van der Waals surface area contributed by atoms with Crippen molar-refractivity contribution in [2.24, 2.45) is 0 Å². The van der Waals surface area contributed by atoms with Gasteiger partial charge in [-0.25, -0.2) is 29.9 Å². The molecular weight excluding hydrogens is 1730 g/mol. The van der Waals surface area contributed by atoms with E-state index in [1.165, 1.54) is 113 Å². The number of hydrogen-bond donors (Lipinski definition) is 0. The standard InChI is InChI=1S/C63H38N6O.C63H38N6S/c1-3-15-39(16-4-1)61-64-62(40-17-5-2-6-18-40)66-63(65-61)41-27-33-59-51(35-41)52-38-44(30-34-60(52)70-59)69-57-31-28-42(67-53-23-11-7-19-45(53)46-20-8-12-24-54(46)67)36-49(57)50-37-43(29-32-58(50)69)68-55-25-13-9-21-47(55)48-22-10-14-26-56(48)68;1-3-17-39(18-4-1)61-64-62(40-19-5-2-6-20-40)66-63(65-61)49-27-15-25-47-48-26-16-32-58(60(48)70-59(47)49)69-56-35-33-41(67-52-28-11-7-21-43(52)44-22-8-12-29-53(44)67)37-50(56)51-38-42(34-36-57(51)69)68-54-30-13-9-23-45(54)46-24-10-14-31-55(46)68/h2*1-38H. The molecule has 30 rings (SSSR count). The molecule has 0 bridgehead atoms. The molecule has 13 nitrogen and oxygen atoms in total. The van der Waals surface area contributed by atoms with Gasteiger partial charge in [-0.2, -0.15) is 0 Å². The number of aromatic nitrogens is 12. The molecule has 30 aromatic rings. The summed E-state index contributed by atoms with van der Waals surface area (Å²) in [5, 5.41) is 19.0. The van der Waals surface area contributed by atoms with Gasteiger partial charge in [-0.1, -0.05) is 291 Å². The molecule has 652 valence electrons. The second-order valence-electron chi connectivity index (χ2n) is 36.0. The van der Waals surface area contributed by atoms with Gasteiger partial charge in [0, 0.05) is 153 Å². The smallest absolute Gasteiger partial charge is 0.165 e. The van der Waals surface area contributed by atoms with Crippen LogP contribution in [0.4, 0.5) is 0 Å². The molecule has 140 heavy (non-hydrogen) atoms. The van der Waals surface area contributed by atoms with Crippen molar-refractivity contribution in [3.05, 3.63) is 461 Å². The predicted octanol–water partition coefficient (Wildman–Crippen LogP) is 32.6. The fourth-order valence-corrected chi connectivity index (χ4v) is 23.3. The minimum Gasteiger partial charge on any atom is -0.456 e. The molecule has 0 radical (unpaired) electrons. The number of fused-ring (bicyclic) bond motifs is 24. The fourth-order valence-electron chi connectivity index (χ4n) is 22.0. The molecule has 0 aliphatic heterocycles. The molecule has 14 heteroatoms. The quantitative estimate of drug-likeness (QED) is 0.119. The molecule has 0 saturated heterocycles. The molecular formula is C126H76N12OS. The zero-order chi connectivity index (χ0) is 91.7. The van der Waals surface area contributed by atoms with Gasteiger partial charge in [0.15, 0.2) is 34.9 Å². The first kappa shape index (κ1) is 78.7. The molecule has 0 spiro atoms. The Balaban J connectivity index is 0.000000134. The summed E-state index contributed by atoms with van der Waals surface area (Å²) in [6, 6.07) is 164. The van der Waals surface area contributed by atoms with Crippen molar-refractivity contribution in [3.8, 4) is 102 Å². The Morgan fingerprint density at radius 1 is 0.157 bits per heavy atom. The van der Waals surface area contributed by atoms with E-state index in [4.69, 9.17) is 34.3 Å². The monoisotopic (exact) mass is 1800 g/mol. The average molecular weight is 1810 g/mol. The zero-order valence-electron chi connectivity index (χ0n) is 75.1. The van der Waals surface area contributed by atoms with E-state index in [0.29, 0.717) is 34.9 Å². The van der Waals surface area contributed by atoms with E-state index >= 15 is 0 Å². The summed E-state index contributed by atoms with van der Waals surface area (Å²) >= 11 is 1.81. The molecule has 0 aliphatic carbocycles. The van der Waals surface area contributed by atoms with Crippen LogP contribution in [0.2, 0.25) is 0 Å². The van der Waals surface area contributed by atoms with Crippen molar-refractivity contribution in [3.63, 3.8) is 0 Å². The summed E-state index contributed by atoms with van der Waals surface area (Å²) in [6.45, 7) is 0. The van der Waals surface area contributed by atoms with Gasteiger partial charge in [0.25, 0.3) is 0 Å². The predicted molar refractivity (Wildman–Crippen MR) is 578 cm³/mol. The van der Waals surface area contributed by atoms with Crippen molar-refractivity contribution in [1.29, 1.82) is 0 Å². The third-order valence-corrected chi connectivity index (χ3v) is 29.4. The number of benzene rings is 20. The number of thiophene rings is 1. The molecule has 0 fully saturated rings. The van der Waals surface area contributed by atoms with Crippen LogP contribution in [0.25, 0.3) is 275 Å². The molecule has 10 aromatic heterocycles. The van der Waals surface area contributed by atoms with Crippen molar-refractivity contribution >= 4 is 184 Å². The molecule has 20 aromatic carbocycles. The lowest BCUT2D eigenvalue weighted by atomic mass is 10.1. The molecule has 0 aliphatic rings. The largest absolute Gasteiger partial charge is 0.456 e. The fraction of sp³-hybridized carbons (Fsp3) is 0. The third kappa shape index (κ3) is 12.4. The second kappa shape index (κ2) is 31.4. The van der Waals surface area contributed by atoms with Crippen molar-refractivity contribution in [2.75, 3.05) is 0 Å². The van der Waals surface area contributed by atoms with Crippen LogP contribution >= 0.6 is 11.3 Å². The first-order valence-electron chi connectivity index (χ1n) is 47.2. The lowest BCUT2D eigenvalue weighted by molar-refractivity contribution is 0.669. The van der Waals surface area contributed by atoms with E-state index in [2.05, 4.69) is 379 Å². The van der Waals surface area contributed by atoms with Crippen LogP contribution in [-0.4, -0.2) is 57.3 Å². The minimum absolute atomic E-state index is 0.598. The van der Waals surface area contributed by atoms with Gasteiger partial charge >= 0.3 is 0 Å². The Hall–Kier alpha value is -18.8. The van der Waals surface area contributed by atoms with Crippen LogP contribution in [0.15, 0.2) is 465 Å². The van der Waals surface area contributed by atoms with Crippen LogP contribution in [0.5, 0.6) is 0 Å². The Kier molecular flexibility index (Phi) is 17.7. The van der Waals surface area contributed by atoms with E-state index in [1.54, 1.807) is 11.3 Å². The second-order valence-corrected chi connectivity index (χ2v) is 37.0. The van der Waals surface area contributed by atoms with Gasteiger partial charge in [0.2, 0.25) is 0 Å². The highest BCUT2D eigenvalue weighted by atomic mass is 32.1. The van der Waals surface area contributed by atoms with Gasteiger partial charge in [0.05, 0.1) is 76.6 Å². The van der Waals surface area contributed by atoms with Crippen LogP contribution in [-0.2, 0) is 0 Å². The summed E-state index contributed by atoms with van der Waals surface area (Å²) in [5.41, 5.74) is 27.8. The SMILES string of the molecule is c1ccc(-c2nc(-c3ccccc3)nc(-c3ccc4oc5ccc(-n6c7ccc(-n8c9ccccc9c9ccccc98)cc7c7cc(-n8c9ccccc9c9ccccc98)ccc76)cc5c4c3)n2)cc1.c1ccc(-c2nc(-c3ccccc3)nc(-c3cccc4c3sc3c(-n5c6ccc(-n7c8ccccc8c8ccccc87)cc6c6cc(-n7c8ccccc8c8ccccc87)ccc65)cccc34)n2)cc1. The van der Waals surface area contributed by atoms with Crippen molar-refractivity contribution in [1.82, 2.24) is 57.3 Å². The third-order valence-electron chi connectivity index (χ3n) is 28.2. The van der Waals surface area contributed by atoms with Crippen molar-refractivity contribution in [2.45, 2.75) is 0 Å². The van der Waals surface area contributed by atoms with Gasteiger partial charge in [-0.05, 0) is 170 Å². The maximum atomic E-state index is 6.56. The summed E-state index contributed by atoms with van der Waals surface area (Å²) < 4.78 is 23.4.